The van der Waals surface area contributed by atoms with Crippen molar-refractivity contribution >= 4 is 22.8 Å². The molecule has 25 heavy (non-hydrogen) atoms. The number of fused-ring (bicyclic) bond motifs is 1. The first-order valence-corrected chi connectivity index (χ1v) is 7.46. The summed E-state index contributed by atoms with van der Waals surface area (Å²) in [7, 11) is 0. The van der Waals surface area contributed by atoms with Crippen molar-refractivity contribution in [2.24, 2.45) is 0 Å². The monoisotopic (exact) mass is 355 g/mol. The number of rotatable bonds is 7. The van der Waals surface area contributed by atoms with E-state index in [0.29, 0.717) is 19.3 Å². The zero-order valence-corrected chi connectivity index (χ0v) is 13.0. The van der Waals surface area contributed by atoms with Gasteiger partial charge in [-0.3, -0.25) is 9.59 Å². The van der Waals surface area contributed by atoms with E-state index in [1.54, 1.807) is 0 Å². The molecule has 0 aliphatic rings. The number of benzene rings is 1. The highest BCUT2D eigenvalue weighted by Gasteiger charge is 2.19. The minimum Gasteiger partial charge on any atom is -0.503 e. The van der Waals surface area contributed by atoms with Crippen LogP contribution in [0, 0.1) is 11.6 Å². The number of carbonyl (C=O) groups is 2. The number of unbranched alkanes of at least 4 members (excludes halogenated alkanes) is 2. The van der Waals surface area contributed by atoms with Crippen LogP contribution in [-0.2, 0) is 4.79 Å². The van der Waals surface area contributed by atoms with Crippen LogP contribution >= 0.6 is 0 Å². The average Bonchev–Trinajstić information content (AvgIpc) is 2.56. The minimum atomic E-state index is -1.42. The standard InChI is InChI=1S/C16H15F2NO6/c17-10-7-8-6-9(16(24)25-14(8)12(18)13(10)22)15(23)19-5-3-1-2-4-11(20)21/h6-7,22H,1-5H2,(H,19,23)(H,20,21). The number of amides is 1. The van der Waals surface area contributed by atoms with Crippen molar-refractivity contribution in [2.45, 2.75) is 25.7 Å². The maximum atomic E-state index is 13.7. The maximum absolute atomic E-state index is 13.7. The Morgan fingerprint density at radius 2 is 1.88 bits per heavy atom. The molecule has 0 atom stereocenters. The van der Waals surface area contributed by atoms with E-state index in [-0.39, 0.29) is 18.4 Å². The SMILES string of the molecule is O=C(O)CCCCCNC(=O)c1cc2cc(F)c(O)c(F)c2oc1=O. The Morgan fingerprint density at radius 1 is 1.16 bits per heavy atom. The molecule has 1 aromatic carbocycles. The molecule has 0 saturated heterocycles. The third-order valence-corrected chi connectivity index (χ3v) is 3.49. The zero-order chi connectivity index (χ0) is 18.6. The van der Waals surface area contributed by atoms with E-state index in [4.69, 9.17) is 10.2 Å². The Morgan fingerprint density at radius 3 is 2.56 bits per heavy atom. The van der Waals surface area contributed by atoms with Crippen LogP contribution in [-0.4, -0.2) is 28.6 Å². The lowest BCUT2D eigenvalue weighted by Crippen LogP contribution is -2.29. The first kappa shape index (κ1) is 18.4. The summed E-state index contributed by atoms with van der Waals surface area (Å²) in [4.78, 5) is 34.1. The van der Waals surface area contributed by atoms with Gasteiger partial charge < -0.3 is 19.9 Å². The predicted octanol–water partition coefficient (Wildman–Crippen LogP) is 2.15. The summed E-state index contributed by atoms with van der Waals surface area (Å²) in [5.74, 6) is -5.61. The summed E-state index contributed by atoms with van der Waals surface area (Å²) in [6.45, 7) is 0.203. The van der Waals surface area contributed by atoms with Gasteiger partial charge in [-0.2, -0.15) is 4.39 Å². The number of hydrogen-bond donors (Lipinski definition) is 3. The van der Waals surface area contributed by atoms with Gasteiger partial charge in [-0.25, -0.2) is 9.18 Å². The highest BCUT2D eigenvalue weighted by atomic mass is 19.1. The van der Waals surface area contributed by atoms with E-state index in [0.717, 1.165) is 12.1 Å². The summed E-state index contributed by atoms with van der Waals surface area (Å²) < 4.78 is 31.7. The van der Waals surface area contributed by atoms with Crippen molar-refractivity contribution in [3.8, 4) is 5.75 Å². The van der Waals surface area contributed by atoms with Gasteiger partial charge in [0.2, 0.25) is 5.82 Å². The van der Waals surface area contributed by atoms with Gasteiger partial charge in [0.15, 0.2) is 17.1 Å². The Hall–Kier alpha value is -2.97. The van der Waals surface area contributed by atoms with E-state index >= 15 is 0 Å². The van der Waals surface area contributed by atoms with E-state index in [1.165, 1.54) is 0 Å². The number of carboxylic acid groups (broad SMARTS) is 1. The van der Waals surface area contributed by atoms with Crippen LogP contribution in [0.25, 0.3) is 11.0 Å². The minimum absolute atomic E-state index is 0.0339. The Kier molecular flexibility index (Phi) is 5.68. The lowest BCUT2D eigenvalue weighted by molar-refractivity contribution is -0.137. The molecule has 2 rings (SSSR count). The molecule has 0 unspecified atom stereocenters. The number of hydrogen-bond acceptors (Lipinski definition) is 5. The van der Waals surface area contributed by atoms with E-state index < -0.39 is 46.0 Å². The zero-order valence-electron chi connectivity index (χ0n) is 13.0. The fourth-order valence-corrected chi connectivity index (χ4v) is 2.22. The molecule has 3 N–H and O–H groups in total. The Bertz CT molecular complexity index is 877. The fraction of sp³-hybridized carbons (Fsp3) is 0.312. The number of carboxylic acids is 1. The second kappa shape index (κ2) is 7.73. The molecule has 1 heterocycles. The number of phenols is 1. The first-order valence-electron chi connectivity index (χ1n) is 7.46. The molecule has 7 nitrogen and oxygen atoms in total. The highest BCUT2D eigenvalue weighted by molar-refractivity contribution is 5.96. The van der Waals surface area contributed by atoms with Gasteiger partial charge in [-0.05, 0) is 25.0 Å². The molecule has 0 aliphatic carbocycles. The van der Waals surface area contributed by atoms with Crippen LogP contribution in [0.4, 0.5) is 8.78 Å². The molecule has 1 aromatic heterocycles. The summed E-state index contributed by atoms with van der Waals surface area (Å²) in [6.07, 6.45) is 1.58. The van der Waals surface area contributed by atoms with E-state index in [2.05, 4.69) is 9.73 Å². The van der Waals surface area contributed by atoms with E-state index in [9.17, 15) is 23.2 Å². The molecular formula is C16H15F2NO6. The van der Waals surface area contributed by atoms with Crippen LogP contribution in [0.5, 0.6) is 5.75 Å². The summed E-state index contributed by atoms with van der Waals surface area (Å²) in [6, 6.07) is 1.73. The molecule has 0 radical (unpaired) electrons. The normalized spacial score (nSPS) is 10.8. The van der Waals surface area contributed by atoms with Crippen molar-refractivity contribution < 1.29 is 33.0 Å². The molecule has 0 bridgehead atoms. The number of aliphatic carboxylic acids is 1. The number of halogens is 2. The van der Waals surface area contributed by atoms with Crippen LogP contribution in [0.1, 0.15) is 36.0 Å². The van der Waals surface area contributed by atoms with Crippen molar-refractivity contribution in [2.75, 3.05) is 6.54 Å². The second-order valence-electron chi connectivity index (χ2n) is 5.35. The second-order valence-corrected chi connectivity index (χ2v) is 5.35. The summed E-state index contributed by atoms with van der Waals surface area (Å²) in [5, 5.41) is 19.9. The van der Waals surface area contributed by atoms with E-state index in [1.807, 2.05) is 0 Å². The largest absolute Gasteiger partial charge is 0.503 e. The average molecular weight is 355 g/mol. The van der Waals surface area contributed by atoms with Gasteiger partial charge in [0.25, 0.3) is 5.91 Å². The maximum Gasteiger partial charge on any atom is 0.349 e. The molecule has 0 spiro atoms. The van der Waals surface area contributed by atoms with Crippen molar-refractivity contribution in [3.05, 3.63) is 39.8 Å². The number of aromatic hydroxyl groups is 1. The van der Waals surface area contributed by atoms with Gasteiger partial charge in [0.1, 0.15) is 5.56 Å². The summed E-state index contributed by atoms with van der Waals surface area (Å²) in [5.41, 5.74) is -2.20. The van der Waals surface area contributed by atoms with Gasteiger partial charge in [-0.15, -0.1) is 0 Å². The topological polar surface area (TPSA) is 117 Å². The highest BCUT2D eigenvalue weighted by Crippen LogP contribution is 2.28. The quantitative estimate of drug-likeness (QED) is 0.518. The number of nitrogens with one attached hydrogen (secondary N) is 1. The van der Waals surface area contributed by atoms with Gasteiger partial charge >= 0.3 is 11.6 Å². The number of carbonyl (C=O) groups excluding carboxylic acids is 1. The molecule has 9 heteroatoms. The van der Waals surface area contributed by atoms with Crippen LogP contribution in [0.15, 0.2) is 21.3 Å². The van der Waals surface area contributed by atoms with Crippen molar-refractivity contribution in [3.63, 3.8) is 0 Å². The first-order chi connectivity index (χ1) is 11.8. The van der Waals surface area contributed by atoms with Gasteiger partial charge in [-0.1, -0.05) is 6.42 Å². The van der Waals surface area contributed by atoms with Gasteiger partial charge in [0, 0.05) is 18.4 Å². The van der Waals surface area contributed by atoms with Crippen LogP contribution in [0.2, 0.25) is 0 Å². The Labute approximate surface area is 139 Å². The lowest BCUT2D eigenvalue weighted by atomic mass is 10.1. The number of phenolic OH excluding ortho intramolecular Hbond substituents is 1. The molecule has 0 fully saturated rings. The fourth-order valence-electron chi connectivity index (χ4n) is 2.22. The van der Waals surface area contributed by atoms with Crippen molar-refractivity contribution in [1.82, 2.24) is 5.32 Å². The smallest absolute Gasteiger partial charge is 0.349 e. The van der Waals surface area contributed by atoms with Crippen LogP contribution < -0.4 is 10.9 Å². The predicted molar refractivity (Wildman–Crippen MR) is 82.5 cm³/mol. The van der Waals surface area contributed by atoms with Crippen LogP contribution in [0.3, 0.4) is 0 Å². The Balaban J connectivity index is 2.09. The third-order valence-electron chi connectivity index (χ3n) is 3.49. The molecule has 0 aliphatic heterocycles. The van der Waals surface area contributed by atoms with Gasteiger partial charge in [0.05, 0.1) is 0 Å². The van der Waals surface area contributed by atoms with Crippen molar-refractivity contribution in [1.29, 1.82) is 0 Å². The third kappa shape index (κ3) is 4.31. The molecule has 134 valence electrons. The molecule has 0 saturated carbocycles. The lowest BCUT2D eigenvalue weighted by Gasteiger charge is -2.06. The molecule has 1 amide bonds. The summed E-state index contributed by atoms with van der Waals surface area (Å²) >= 11 is 0. The molecule has 2 aromatic rings. The molecular weight excluding hydrogens is 340 g/mol.